The number of nitrogens with zero attached hydrogens (tertiary/aromatic N) is 1. The van der Waals surface area contributed by atoms with E-state index in [0.717, 1.165) is 42.8 Å². The van der Waals surface area contributed by atoms with E-state index >= 15 is 0 Å². The molecule has 4 rings (SSSR count). The van der Waals surface area contributed by atoms with Crippen molar-refractivity contribution >= 4 is 11.5 Å². The van der Waals surface area contributed by atoms with Crippen LogP contribution in [-0.2, 0) is 17.8 Å². The molecule has 1 saturated heterocycles. The second-order valence-corrected chi connectivity index (χ2v) is 7.71. The molecule has 0 amide bonds. The van der Waals surface area contributed by atoms with Crippen LogP contribution in [0.1, 0.15) is 41.5 Å². The monoisotopic (exact) mass is 393 g/mol. The zero-order chi connectivity index (χ0) is 20.2. The molecular formula is C24H27NO4. The molecule has 2 aromatic carbocycles. The Labute approximate surface area is 171 Å². The Morgan fingerprint density at radius 1 is 1.07 bits per heavy atom. The summed E-state index contributed by atoms with van der Waals surface area (Å²) in [6.45, 7) is 3.03. The summed E-state index contributed by atoms with van der Waals surface area (Å²) < 4.78 is 6.14. The van der Waals surface area contributed by atoms with Crippen LogP contribution < -0.4 is 4.74 Å². The topological polar surface area (TPSA) is 70.0 Å². The molecule has 2 aliphatic rings. The van der Waals surface area contributed by atoms with Crippen LogP contribution in [-0.4, -0.2) is 47.3 Å². The zero-order valence-electron chi connectivity index (χ0n) is 16.6. The molecule has 0 bridgehead atoms. The van der Waals surface area contributed by atoms with Gasteiger partial charge >= 0.3 is 5.97 Å². The smallest absolute Gasteiger partial charge is 0.304 e. The maximum absolute atomic E-state index is 10.9. The van der Waals surface area contributed by atoms with Crippen LogP contribution in [0.5, 0.6) is 5.75 Å². The predicted molar refractivity (Wildman–Crippen MR) is 112 cm³/mol. The van der Waals surface area contributed by atoms with Crippen molar-refractivity contribution < 1.29 is 19.7 Å². The first kappa shape index (κ1) is 19.7. The van der Waals surface area contributed by atoms with Crippen LogP contribution in [0, 0.1) is 0 Å². The lowest BCUT2D eigenvalue weighted by molar-refractivity contribution is -0.137. The van der Waals surface area contributed by atoms with Crippen molar-refractivity contribution in [1.82, 2.24) is 4.90 Å². The molecule has 0 aromatic heterocycles. The summed E-state index contributed by atoms with van der Waals surface area (Å²) in [5, 5.41) is 18.3. The third-order valence-corrected chi connectivity index (χ3v) is 5.84. The molecule has 0 saturated carbocycles. The van der Waals surface area contributed by atoms with Crippen LogP contribution in [0.4, 0.5) is 0 Å². The van der Waals surface area contributed by atoms with Crippen molar-refractivity contribution in [3.8, 4) is 5.75 Å². The Kier molecular flexibility index (Phi) is 5.97. The largest absolute Gasteiger partial charge is 0.488 e. The molecule has 0 radical (unpaired) electrons. The molecule has 29 heavy (non-hydrogen) atoms. The van der Waals surface area contributed by atoms with Crippen molar-refractivity contribution in [3.05, 3.63) is 70.3 Å². The number of rotatable bonds is 5. The lowest BCUT2D eigenvalue weighted by atomic mass is 9.86. The fraction of sp³-hybridized carbons (Fsp3) is 0.375. The van der Waals surface area contributed by atoms with Gasteiger partial charge in [0, 0.05) is 31.8 Å². The molecule has 5 heteroatoms. The van der Waals surface area contributed by atoms with E-state index in [-0.39, 0.29) is 13.0 Å². The van der Waals surface area contributed by atoms with E-state index in [9.17, 15) is 9.90 Å². The number of aliphatic carboxylic acids is 1. The van der Waals surface area contributed by atoms with Gasteiger partial charge in [-0.3, -0.25) is 4.79 Å². The Hall–Kier alpha value is -2.63. The number of fused-ring (bicyclic) bond motifs is 2. The fourth-order valence-corrected chi connectivity index (χ4v) is 4.30. The maximum Gasteiger partial charge on any atom is 0.304 e. The van der Waals surface area contributed by atoms with Crippen LogP contribution in [0.3, 0.4) is 0 Å². The standard InChI is InChI=1S/C24H27NO4/c26-14-10-17-5-6-22-21(15-17)24(20-4-2-1-3-19(20)16-29-22)18-7-11-25(12-8-18)13-9-23(27)28/h1-6,15,26H,7-14,16H2,(H,27,28). The molecular weight excluding hydrogens is 366 g/mol. The number of benzene rings is 2. The lowest BCUT2D eigenvalue weighted by Gasteiger charge is -2.30. The Bertz CT molecular complexity index is 924. The van der Waals surface area contributed by atoms with Crippen LogP contribution >= 0.6 is 0 Å². The summed E-state index contributed by atoms with van der Waals surface area (Å²) in [5.41, 5.74) is 7.27. The first-order valence-corrected chi connectivity index (χ1v) is 10.3. The summed E-state index contributed by atoms with van der Waals surface area (Å²) in [4.78, 5) is 13.1. The molecule has 0 atom stereocenters. The molecule has 1 fully saturated rings. The number of carbonyl (C=O) groups is 1. The Balaban J connectivity index is 1.73. The third kappa shape index (κ3) is 4.36. The highest BCUT2D eigenvalue weighted by atomic mass is 16.5. The minimum absolute atomic E-state index is 0.126. The number of piperidine rings is 1. The minimum Gasteiger partial charge on any atom is -0.488 e. The van der Waals surface area contributed by atoms with E-state index < -0.39 is 5.97 Å². The number of aliphatic hydroxyl groups is 1. The van der Waals surface area contributed by atoms with Gasteiger partial charge in [0.05, 0.1) is 6.42 Å². The molecule has 0 spiro atoms. The van der Waals surface area contributed by atoms with Gasteiger partial charge in [0.25, 0.3) is 0 Å². The first-order chi connectivity index (χ1) is 14.2. The van der Waals surface area contributed by atoms with Gasteiger partial charge in [0.1, 0.15) is 12.4 Å². The van der Waals surface area contributed by atoms with E-state index in [1.54, 1.807) is 0 Å². The highest BCUT2D eigenvalue weighted by Gasteiger charge is 2.25. The van der Waals surface area contributed by atoms with E-state index in [1.807, 2.05) is 18.2 Å². The van der Waals surface area contributed by atoms with Crippen molar-refractivity contribution in [1.29, 1.82) is 0 Å². The predicted octanol–water partition coefficient (Wildman–Crippen LogP) is 3.49. The van der Waals surface area contributed by atoms with Gasteiger partial charge in [0.2, 0.25) is 0 Å². The van der Waals surface area contributed by atoms with Gasteiger partial charge in [-0.05, 0) is 53.7 Å². The molecule has 0 aliphatic carbocycles. The molecule has 2 aromatic rings. The highest BCUT2D eigenvalue weighted by Crippen LogP contribution is 2.41. The molecule has 2 aliphatic heterocycles. The van der Waals surface area contributed by atoms with Gasteiger partial charge in [-0.25, -0.2) is 0 Å². The summed E-state index contributed by atoms with van der Waals surface area (Å²) >= 11 is 0. The number of hydrogen-bond donors (Lipinski definition) is 2. The minimum atomic E-state index is -0.741. The maximum atomic E-state index is 10.9. The van der Waals surface area contributed by atoms with Crippen molar-refractivity contribution in [3.63, 3.8) is 0 Å². The molecule has 152 valence electrons. The number of hydrogen-bond acceptors (Lipinski definition) is 4. The molecule has 5 nitrogen and oxygen atoms in total. The summed E-state index contributed by atoms with van der Waals surface area (Å²) in [5.74, 6) is 0.146. The lowest BCUT2D eigenvalue weighted by Crippen LogP contribution is -2.33. The van der Waals surface area contributed by atoms with E-state index in [1.165, 1.54) is 22.3 Å². The van der Waals surface area contributed by atoms with E-state index in [2.05, 4.69) is 29.2 Å². The summed E-state index contributed by atoms with van der Waals surface area (Å²) in [6.07, 6.45) is 2.66. The van der Waals surface area contributed by atoms with Crippen molar-refractivity contribution in [2.45, 2.75) is 32.3 Å². The second-order valence-electron chi connectivity index (χ2n) is 7.71. The SMILES string of the molecule is O=C(O)CCN1CCC(=C2c3ccccc3COc3ccc(CCO)cc32)CC1. The van der Waals surface area contributed by atoms with Gasteiger partial charge in [-0.15, -0.1) is 0 Å². The fourth-order valence-electron chi connectivity index (χ4n) is 4.30. The van der Waals surface area contributed by atoms with Gasteiger partial charge in [-0.1, -0.05) is 35.9 Å². The molecule has 2 N–H and O–H groups in total. The summed E-state index contributed by atoms with van der Waals surface area (Å²) in [7, 11) is 0. The van der Waals surface area contributed by atoms with Gasteiger partial charge < -0.3 is 19.8 Å². The highest BCUT2D eigenvalue weighted by molar-refractivity contribution is 5.87. The molecule has 2 heterocycles. The number of carboxylic acid groups (broad SMARTS) is 1. The van der Waals surface area contributed by atoms with Crippen molar-refractivity contribution in [2.24, 2.45) is 0 Å². The number of aliphatic hydroxyl groups excluding tert-OH is 1. The van der Waals surface area contributed by atoms with Crippen LogP contribution in [0.25, 0.3) is 5.57 Å². The second kappa shape index (κ2) is 8.80. The summed E-state index contributed by atoms with van der Waals surface area (Å²) in [6, 6.07) is 14.6. The number of likely N-dealkylation sites (tertiary alicyclic amines) is 1. The quantitative estimate of drug-likeness (QED) is 0.814. The average Bonchev–Trinajstić information content (AvgIpc) is 2.89. The van der Waals surface area contributed by atoms with Gasteiger partial charge in [-0.2, -0.15) is 0 Å². The van der Waals surface area contributed by atoms with Crippen LogP contribution in [0.15, 0.2) is 48.0 Å². The van der Waals surface area contributed by atoms with Crippen LogP contribution in [0.2, 0.25) is 0 Å². The van der Waals surface area contributed by atoms with Crippen molar-refractivity contribution in [2.75, 3.05) is 26.2 Å². The number of ether oxygens (including phenoxy) is 1. The van der Waals surface area contributed by atoms with E-state index in [0.29, 0.717) is 19.6 Å². The van der Waals surface area contributed by atoms with Gasteiger partial charge in [0.15, 0.2) is 0 Å². The Morgan fingerprint density at radius 2 is 1.86 bits per heavy atom. The first-order valence-electron chi connectivity index (χ1n) is 10.3. The average molecular weight is 393 g/mol. The Morgan fingerprint density at radius 3 is 2.62 bits per heavy atom. The van der Waals surface area contributed by atoms with E-state index in [4.69, 9.17) is 9.84 Å². The normalized spacial score (nSPS) is 16.6. The zero-order valence-corrected chi connectivity index (χ0v) is 16.6. The number of carboxylic acids is 1. The third-order valence-electron chi connectivity index (χ3n) is 5.84. The molecule has 0 unspecified atom stereocenters.